The molecule has 0 aromatic heterocycles. The van der Waals surface area contributed by atoms with E-state index in [2.05, 4.69) is 5.32 Å². The lowest BCUT2D eigenvalue weighted by Crippen LogP contribution is -2.32. The van der Waals surface area contributed by atoms with Gasteiger partial charge in [0, 0.05) is 0 Å². The van der Waals surface area contributed by atoms with Crippen molar-refractivity contribution >= 4 is 5.97 Å². The quantitative estimate of drug-likeness (QED) is 0.680. The van der Waals surface area contributed by atoms with Crippen molar-refractivity contribution < 1.29 is 15.0 Å². The van der Waals surface area contributed by atoms with E-state index in [1.807, 2.05) is 0 Å². The van der Waals surface area contributed by atoms with Crippen LogP contribution in [0.2, 0.25) is 0 Å². The molecular weight excluding hydrogens is 206 g/mol. The summed E-state index contributed by atoms with van der Waals surface area (Å²) in [6.07, 6.45) is 0. The van der Waals surface area contributed by atoms with Gasteiger partial charge in [-0.25, -0.2) is 0 Å². The molecule has 1 heterocycles. The van der Waals surface area contributed by atoms with E-state index in [4.69, 9.17) is 0 Å². The fourth-order valence-corrected chi connectivity index (χ4v) is 3.17. The third kappa shape index (κ3) is 0.998. The fraction of sp³-hybridized carbons (Fsp3) is 0.417. The maximum Gasteiger partial charge on any atom is 0.314 e. The Morgan fingerprint density at radius 1 is 1.38 bits per heavy atom. The molecule has 3 rings (SSSR count). The zero-order valence-electron chi connectivity index (χ0n) is 8.68. The van der Waals surface area contributed by atoms with Crippen molar-refractivity contribution in [3.05, 3.63) is 29.8 Å². The Kier molecular flexibility index (Phi) is 1.80. The third-order valence-electron chi connectivity index (χ3n) is 3.95. The minimum absolute atomic E-state index is 0.135. The van der Waals surface area contributed by atoms with E-state index in [0.717, 1.165) is 18.7 Å². The van der Waals surface area contributed by atoms with Crippen LogP contribution < -0.4 is 5.32 Å². The van der Waals surface area contributed by atoms with E-state index in [0.29, 0.717) is 0 Å². The summed E-state index contributed by atoms with van der Waals surface area (Å²) in [6, 6.07) is 6.64. The average Bonchev–Trinajstić information content (AvgIpc) is 2.64. The monoisotopic (exact) mass is 219 g/mol. The van der Waals surface area contributed by atoms with Gasteiger partial charge in [0.05, 0.1) is 0 Å². The van der Waals surface area contributed by atoms with Crippen molar-refractivity contribution in [3.8, 4) is 5.75 Å². The second-order valence-corrected chi connectivity index (χ2v) is 4.60. The molecule has 0 bridgehead atoms. The Hall–Kier alpha value is -1.55. The number of benzene rings is 1. The Morgan fingerprint density at radius 2 is 2.06 bits per heavy atom. The average molecular weight is 219 g/mol. The zero-order valence-corrected chi connectivity index (χ0v) is 8.68. The predicted octanol–water partition coefficient (Wildman–Crippen LogP) is 0.564. The van der Waals surface area contributed by atoms with Gasteiger partial charge in [-0.15, -0.1) is 0 Å². The number of piperidine rings is 1. The minimum Gasteiger partial charge on any atom is -0.508 e. The zero-order chi connectivity index (χ0) is 11.3. The van der Waals surface area contributed by atoms with Crippen LogP contribution in [0.1, 0.15) is 5.56 Å². The summed E-state index contributed by atoms with van der Waals surface area (Å²) in [7, 11) is 0. The molecule has 16 heavy (non-hydrogen) atoms. The van der Waals surface area contributed by atoms with Crippen LogP contribution in [0.4, 0.5) is 0 Å². The summed E-state index contributed by atoms with van der Waals surface area (Å²) in [5.74, 6) is -0.288. The number of rotatable bonds is 2. The predicted molar refractivity (Wildman–Crippen MR) is 57.3 cm³/mol. The second kappa shape index (κ2) is 2.98. The Morgan fingerprint density at radius 3 is 2.62 bits per heavy atom. The molecule has 1 saturated carbocycles. The van der Waals surface area contributed by atoms with E-state index < -0.39 is 11.4 Å². The van der Waals surface area contributed by atoms with Crippen molar-refractivity contribution in [1.29, 1.82) is 0 Å². The summed E-state index contributed by atoms with van der Waals surface area (Å²) >= 11 is 0. The maximum absolute atomic E-state index is 11.5. The highest BCUT2D eigenvalue weighted by Gasteiger charge is 2.72. The van der Waals surface area contributed by atoms with Crippen LogP contribution in [0.5, 0.6) is 5.75 Å². The Bertz CT molecular complexity index is 447. The summed E-state index contributed by atoms with van der Waals surface area (Å²) in [5, 5.41) is 22.1. The first-order valence-electron chi connectivity index (χ1n) is 5.41. The molecule has 1 aromatic rings. The number of hydrogen-bond acceptors (Lipinski definition) is 3. The number of carboxylic acids is 1. The first-order valence-corrected chi connectivity index (χ1v) is 5.41. The molecule has 3 N–H and O–H groups in total. The first-order chi connectivity index (χ1) is 7.67. The van der Waals surface area contributed by atoms with Crippen LogP contribution >= 0.6 is 0 Å². The number of aromatic hydroxyl groups is 1. The number of fused-ring (bicyclic) bond motifs is 1. The normalized spacial score (nSPS) is 35.8. The van der Waals surface area contributed by atoms with E-state index in [9.17, 15) is 15.0 Å². The van der Waals surface area contributed by atoms with E-state index in [1.54, 1.807) is 24.3 Å². The lowest BCUT2D eigenvalue weighted by Gasteiger charge is -2.17. The largest absolute Gasteiger partial charge is 0.508 e. The summed E-state index contributed by atoms with van der Waals surface area (Å²) in [6.45, 7) is 1.51. The fourth-order valence-electron chi connectivity index (χ4n) is 3.17. The molecular formula is C12H13NO3. The number of carboxylic acid groups (broad SMARTS) is 1. The molecule has 1 saturated heterocycles. The van der Waals surface area contributed by atoms with Gasteiger partial charge < -0.3 is 15.5 Å². The molecule has 2 unspecified atom stereocenters. The number of nitrogens with one attached hydrogen (secondary N) is 1. The third-order valence-corrected chi connectivity index (χ3v) is 3.95. The first kappa shape index (κ1) is 9.66. The lowest BCUT2D eigenvalue weighted by atomic mass is 9.90. The van der Waals surface area contributed by atoms with Crippen LogP contribution in [0, 0.1) is 11.8 Å². The molecule has 84 valence electrons. The van der Waals surface area contributed by atoms with Gasteiger partial charge in [0.25, 0.3) is 0 Å². The molecule has 0 spiro atoms. The van der Waals surface area contributed by atoms with Gasteiger partial charge in [-0.2, -0.15) is 0 Å². The number of aliphatic carboxylic acids is 1. The molecule has 2 aliphatic rings. The van der Waals surface area contributed by atoms with Crippen LogP contribution in [0.25, 0.3) is 0 Å². The molecule has 0 amide bonds. The topological polar surface area (TPSA) is 69.6 Å². The van der Waals surface area contributed by atoms with Crippen LogP contribution in [-0.2, 0) is 10.2 Å². The SMILES string of the molecule is O=C(O)C1(c2cccc(O)c2)C2CNCC21. The van der Waals surface area contributed by atoms with Gasteiger partial charge in [-0.05, 0) is 42.6 Å². The number of hydrogen-bond donors (Lipinski definition) is 3. The molecule has 2 atom stereocenters. The molecule has 4 heteroatoms. The smallest absolute Gasteiger partial charge is 0.314 e. The highest BCUT2D eigenvalue weighted by Crippen LogP contribution is 2.62. The Labute approximate surface area is 92.9 Å². The molecule has 1 aliphatic carbocycles. The van der Waals surface area contributed by atoms with Crippen molar-refractivity contribution in [2.45, 2.75) is 5.41 Å². The van der Waals surface area contributed by atoms with Crippen LogP contribution in [-0.4, -0.2) is 29.3 Å². The van der Waals surface area contributed by atoms with Gasteiger partial charge >= 0.3 is 5.97 Å². The number of phenolic OH excluding ortho intramolecular Hbond substituents is 1. The lowest BCUT2D eigenvalue weighted by molar-refractivity contribution is -0.141. The van der Waals surface area contributed by atoms with Crippen LogP contribution in [0.3, 0.4) is 0 Å². The van der Waals surface area contributed by atoms with Gasteiger partial charge in [0.2, 0.25) is 0 Å². The van der Waals surface area contributed by atoms with Crippen LogP contribution in [0.15, 0.2) is 24.3 Å². The van der Waals surface area contributed by atoms with Crippen molar-refractivity contribution in [2.24, 2.45) is 11.8 Å². The highest BCUT2D eigenvalue weighted by molar-refractivity contribution is 5.87. The molecule has 0 radical (unpaired) electrons. The summed E-state index contributed by atoms with van der Waals surface area (Å²) < 4.78 is 0. The maximum atomic E-state index is 11.5. The molecule has 4 nitrogen and oxygen atoms in total. The van der Waals surface area contributed by atoms with E-state index in [1.165, 1.54) is 0 Å². The summed E-state index contributed by atoms with van der Waals surface area (Å²) in [4.78, 5) is 11.5. The number of carbonyl (C=O) groups is 1. The minimum atomic E-state index is -0.769. The summed E-state index contributed by atoms with van der Waals surface area (Å²) in [5.41, 5.74) is -0.0271. The van der Waals surface area contributed by atoms with Crippen molar-refractivity contribution in [1.82, 2.24) is 5.32 Å². The standard InChI is InChI=1S/C12H13NO3/c14-8-3-1-2-7(4-8)12(11(15)16)9-5-13-6-10(9)12/h1-4,9-10,13-14H,5-6H2,(H,15,16). The van der Waals surface area contributed by atoms with Crippen molar-refractivity contribution in [2.75, 3.05) is 13.1 Å². The molecule has 2 fully saturated rings. The molecule has 1 aliphatic heterocycles. The van der Waals surface area contributed by atoms with E-state index >= 15 is 0 Å². The van der Waals surface area contributed by atoms with Gasteiger partial charge in [-0.3, -0.25) is 4.79 Å². The Balaban J connectivity index is 2.06. The second-order valence-electron chi connectivity index (χ2n) is 4.60. The van der Waals surface area contributed by atoms with Gasteiger partial charge in [-0.1, -0.05) is 12.1 Å². The molecule has 1 aromatic carbocycles. The van der Waals surface area contributed by atoms with Crippen molar-refractivity contribution in [3.63, 3.8) is 0 Å². The van der Waals surface area contributed by atoms with Gasteiger partial charge in [0.15, 0.2) is 0 Å². The number of phenols is 1. The van der Waals surface area contributed by atoms with Gasteiger partial charge in [0.1, 0.15) is 11.2 Å². The highest BCUT2D eigenvalue weighted by atomic mass is 16.4. The van der Waals surface area contributed by atoms with E-state index in [-0.39, 0.29) is 17.6 Å².